The number of ether oxygens (including phenoxy) is 1. The molecular formula is C16H23NO4. The molecule has 0 saturated carbocycles. The van der Waals surface area contributed by atoms with Crippen molar-refractivity contribution >= 4 is 11.9 Å². The normalized spacial score (nSPS) is 12.8. The third kappa shape index (κ3) is 5.55. The zero-order valence-electron chi connectivity index (χ0n) is 13.0. The van der Waals surface area contributed by atoms with Gasteiger partial charge in [-0.2, -0.15) is 0 Å². The number of rotatable bonds is 6. The summed E-state index contributed by atoms with van der Waals surface area (Å²) < 4.78 is 5.04. The lowest BCUT2D eigenvalue weighted by Crippen LogP contribution is -2.30. The van der Waals surface area contributed by atoms with Crippen LogP contribution in [0, 0.1) is 0 Å². The van der Waals surface area contributed by atoms with Gasteiger partial charge >= 0.3 is 5.97 Å². The highest BCUT2D eigenvalue weighted by molar-refractivity contribution is 5.94. The zero-order valence-corrected chi connectivity index (χ0v) is 13.0. The van der Waals surface area contributed by atoms with Gasteiger partial charge in [0, 0.05) is 12.1 Å². The van der Waals surface area contributed by atoms with E-state index in [2.05, 4.69) is 26.1 Å². The highest BCUT2D eigenvalue weighted by atomic mass is 16.5. The van der Waals surface area contributed by atoms with Gasteiger partial charge in [0.2, 0.25) is 0 Å². The first-order chi connectivity index (χ1) is 9.71. The summed E-state index contributed by atoms with van der Waals surface area (Å²) in [4.78, 5) is 22.5. The van der Waals surface area contributed by atoms with Crippen molar-refractivity contribution in [1.82, 2.24) is 5.32 Å². The van der Waals surface area contributed by atoms with Crippen LogP contribution >= 0.6 is 0 Å². The molecule has 0 aromatic heterocycles. The molecule has 5 heteroatoms. The SMILES string of the molecule is CC(OCCNC(=O)c1ccc(C(C)(C)C)cc1)C(=O)O. The Hall–Kier alpha value is -1.88. The number of carboxylic acid groups (broad SMARTS) is 1. The summed E-state index contributed by atoms with van der Waals surface area (Å²) in [7, 11) is 0. The molecule has 0 heterocycles. The largest absolute Gasteiger partial charge is 0.479 e. The van der Waals surface area contributed by atoms with E-state index in [-0.39, 0.29) is 24.5 Å². The van der Waals surface area contributed by atoms with Crippen molar-refractivity contribution in [3.63, 3.8) is 0 Å². The van der Waals surface area contributed by atoms with E-state index in [1.807, 2.05) is 12.1 Å². The van der Waals surface area contributed by atoms with E-state index in [1.54, 1.807) is 12.1 Å². The van der Waals surface area contributed by atoms with Gasteiger partial charge in [-0.05, 0) is 30.0 Å². The Labute approximate surface area is 125 Å². The molecule has 0 spiro atoms. The number of benzene rings is 1. The summed E-state index contributed by atoms with van der Waals surface area (Å²) in [6.45, 7) is 8.24. The lowest BCUT2D eigenvalue weighted by molar-refractivity contribution is -0.148. The van der Waals surface area contributed by atoms with E-state index < -0.39 is 12.1 Å². The summed E-state index contributed by atoms with van der Waals surface area (Å²) in [6, 6.07) is 7.46. The summed E-state index contributed by atoms with van der Waals surface area (Å²) in [5.74, 6) is -1.21. The Morgan fingerprint density at radius 3 is 2.29 bits per heavy atom. The molecule has 0 aliphatic carbocycles. The molecule has 0 saturated heterocycles. The van der Waals surface area contributed by atoms with E-state index in [4.69, 9.17) is 9.84 Å². The lowest BCUT2D eigenvalue weighted by atomic mass is 9.87. The van der Waals surface area contributed by atoms with Crippen LogP contribution in [0.15, 0.2) is 24.3 Å². The van der Waals surface area contributed by atoms with Gasteiger partial charge in [-0.15, -0.1) is 0 Å². The van der Waals surface area contributed by atoms with Crippen LogP contribution in [0.2, 0.25) is 0 Å². The highest BCUT2D eigenvalue weighted by Crippen LogP contribution is 2.22. The second kappa shape index (κ2) is 7.22. The predicted molar refractivity (Wildman–Crippen MR) is 80.5 cm³/mol. The molecule has 1 atom stereocenters. The molecule has 2 N–H and O–H groups in total. The molecule has 21 heavy (non-hydrogen) atoms. The van der Waals surface area contributed by atoms with E-state index in [1.165, 1.54) is 6.92 Å². The van der Waals surface area contributed by atoms with Gasteiger partial charge in [-0.1, -0.05) is 32.9 Å². The van der Waals surface area contributed by atoms with Crippen LogP contribution in [0.5, 0.6) is 0 Å². The summed E-state index contributed by atoms with van der Waals surface area (Å²) >= 11 is 0. The number of carbonyl (C=O) groups is 2. The molecule has 1 aromatic carbocycles. The lowest BCUT2D eigenvalue weighted by Gasteiger charge is -2.19. The van der Waals surface area contributed by atoms with Crippen molar-refractivity contribution in [1.29, 1.82) is 0 Å². The number of hydrogen-bond acceptors (Lipinski definition) is 3. The average Bonchev–Trinajstić information content (AvgIpc) is 2.42. The molecule has 0 bridgehead atoms. The molecule has 1 aromatic rings. The number of aliphatic carboxylic acids is 1. The highest BCUT2D eigenvalue weighted by Gasteiger charge is 2.14. The van der Waals surface area contributed by atoms with Crippen LogP contribution in [0.25, 0.3) is 0 Å². The number of amides is 1. The fourth-order valence-corrected chi connectivity index (χ4v) is 1.70. The maximum Gasteiger partial charge on any atom is 0.332 e. The third-order valence-corrected chi connectivity index (χ3v) is 3.12. The Kier molecular flexibility index (Phi) is 5.90. The van der Waals surface area contributed by atoms with Crippen molar-refractivity contribution in [2.45, 2.75) is 39.2 Å². The van der Waals surface area contributed by atoms with Crippen LogP contribution < -0.4 is 5.32 Å². The van der Waals surface area contributed by atoms with Crippen LogP contribution in [-0.4, -0.2) is 36.2 Å². The fraction of sp³-hybridized carbons (Fsp3) is 0.500. The van der Waals surface area contributed by atoms with Gasteiger partial charge in [0.05, 0.1) is 6.61 Å². The molecule has 0 aliphatic heterocycles. The molecular weight excluding hydrogens is 270 g/mol. The summed E-state index contributed by atoms with van der Waals surface area (Å²) in [5.41, 5.74) is 1.79. The minimum Gasteiger partial charge on any atom is -0.479 e. The standard InChI is InChI=1S/C16H23NO4/c1-11(15(19)20)21-10-9-17-14(18)12-5-7-13(8-6-12)16(2,3)4/h5-8,11H,9-10H2,1-4H3,(H,17,18)(H,19,20). The Bertz CT molecular complexity index is 488. The Balaban J connectivity index is 2.44. The van der Waals surface area contributed by atoms with Crippen LogP contribution in [0.4, 0.5) is 0 Å². The molecule has 1 unspecified atom stereocenters. The van der Waals surface area contributed by atoms with Crippen molar-refractivity contribution in [2.75, 3.05) is 13.2 Å². The van der Waals surface area contributed by atoms with E-state index in [9.17, 15) is 9.59 Å². The second-order valence-electron chi connectivity index (χ2n) is 5.93. The van der Waals surface area contributed by atoms with Crippen LogP contribution in [-0.2, 0) is 14.9 Å². The second-order valence-corrected chi connectivity index (χ2v) is 5.93. The summed E-state index contributed by atoms with van der Waals surface area (Å²) in [6.07, 6.45) is -0.868. The number of hydrogen-bond donors (Lipinski definition) is 2. The maximum atomic E-state index is 11.9. The molecule has 1 rings (SSSR count). The first kappa shape index (κ1) is 17.2. The number of nitrogens with one attached hydrogen (secondary N) is 1. The van der Waals surface area contributed by atoms with Crippen molar-refractivity contribution < 1.29 is 19.4 Å². The zero-order chi connectivity index (χ0) is 16.0. The molecule has 0 fully saturated rings. The van der Waals surface area contributed by atoms with Crippen molar-refractivity contribution in [3.8, 4) is 0 Å². The van der Waals surface area contributed by atoms with Crippen molar-refractivity contribution in [3.05, 3.63) is 35.4 Å². The van der Waals surface area contributed by atoms with Gasteiger partial charge in [0.25, 0.3) is 5.91 Å². The van der Waals surface area contributed by atoms with Crippen LogP contribution in [0.3, 0.4) is 0 Å². The van der Waals surface area contributed by atoms with Gasteiger partial charge in [-0.25, -0.2) is 4.79 Å². The Morgan fingerprint density at radius 1 is 1.24 bits per heavy atom. The van der Waals surface area contributed by atoms with Gasteiger partial charge in [-0.3, -0.25) is 4.79 Å². The quantitative estimate of drug-likeness (QED) is 0.788. The van der Waals surface area contributed by atoms with Crippen LogP contribution in [0.1, 0.15) is 43.6 Å². The predicted octanol–water partition coefficient (Wildman–Crippen LogP) is 2.20. The minimum atomic E-state index is -1.01. The molecule has 0 aliphatic rings. The monoisotopic (exact) mass is 293 g/mol. The molecule has 1 amide bonds. The maximum absolute atomic E-state index is 11.9. The third-order valence-electron chi connectivity index (χ3n) is 3.12. The van der Waals surface area contributed by atoms with Gasteiger partial charge < -0.3 is 15.2 Å². The minimum absolute atomic E-state index is 0.0514. The molecule has 5 nitrogen and oxygen atoms in total. The molecule has 116 valence electrons. The topological polar surface area (TPSA) is 75.6 Å². The molecule has 0 radical (unpaired) electrons. The van der Waals surface area contributed by atoms with E-state index in [0.29, 0.717) is 5.56 Å². The van der Waals surface area contributed by atoms with Gasteiger partial charge in [0.15, 0.2) is 6.10 Å². The number of carbonyl (C=O) groups excluding carboxylic acids is 1. The summed E-state index contributed by atoms with van der Waals surface area (Å²) in [5, 5.41) is 11.3. The van der Waals surface area contributed by atoms with E-state index >= 15 is 0 Å². The van der Waals surface area contributed by atoms with Crippen molar-refractivity contribution in [2.24, 2.45) is 0 Å². The fourth-order valence-electron chi connectivity index (χ4n) is 1.70. The van der Waals surface area contributed by atoms with E-state index in [0.717, 1.165) is 5.56 Å². The first-order valence-electron chi connectivity index (χ1n) is 6.95. The average molecular weight is 293 g/mol. The first-order valence-corrected chi connectivity index (χ1v) is 6.95. The Morgan fingerprint density at radius 2 is 1.81 bits per heavy atom. The number of carboxylic acids is 1. The van der Waals surface area contributed by atoms with Gasteiger partial charge in [0.1, 0.15) is 0 Å². The smallest absolute Gasteiger partial charge is 0.332 e.